The lowest BCUT2D eigenvalue weighted by Crippen LogP contribution is -2.40. The summed E-state index contributed by atoms with van der Waals surface area (Å²) in [7, 11) is 0. The van der Waals surface area contributed by atoms with Crippen molar-refractivity contribution in [2.75, 3.05) is 0 Å². The van der Waals surface area contributed by atoms with E-state index >= 15 is 0 Å². The molecule has 0 bridgehead atoms. The number of Topliss-reactive ketones (excluding diaryl/α,β-unsaturated/α-hetero) is 1. The van der Waals surface area contributed by atoms with Crippen LogP contribution in [0.15, 0.2) is 22.3 Å². The van der Waals surface area contributed by atoms with E-state index in [0.29, 0.717) is 16.7 Å². The SMILES string of the molecule is CC1(C)C=C2C(=O)c3coc(CO)c3C(C)(O)C2C1. The molecule has 2 N–H and O–H groups in total. The number of carbonyl (C=O) groups excluding carboxylic acids is 1. The smallest absolute Gasteiger partial charge is 0.192 e. The second kappa shape index (κ2) is 3.58. The zero-order chi connectivity index (χ0) is 14.0. The molecule has 2 aliphatic carbocycles. The Kier molecular flexibility index (Phi) is 2.38. The number of carbonyl (C=O) groups is 1. The summed E-state index contributed by atoms with van der Waals surface area (Å²) in [4.78, 5) is 12.5. The van der Waals surface area contributed by atoms with Gasteiger partial charge < -0.3 is 14.6 Å². The number of rotatable bonds is 1. The number of hydrogen-bond acceptors (Lipinski definition) is 4. The first-order valence-electron chi connectivity index (χ1n) is 6.49. The third kappa shape index (κ3) is 1.56. The summed E-state index contributed by atoms with van der Waals surface area (Å²) < 4.78 is 5.23. The van der Waals surface area contributed by atoms with E-state index in [0.717, 1.165) is 6.42 Å². The number of hydrogen-bond donors (Lipinski definition) is 2. The average molecular weight is 262 g/mol. The Morgan fingerprint density at radius 1 is 1.42 bits per heavy atom. The Labute approximate surface area is 111 Å². The molecule has 1 aromatic heterocycles. The molecular weight excluding hydrogens is 244 g/mol. The Balaban J connectivity index is 2.23. The van der Waals surface area contributed by atoms with Crippen LogP contribution in [0.1, 0.15) is 48.9 Å². The van der Waals surface area contributed by atoms with Crippen molar-refractivity contribution in [2.24, 2.45) is 11.3 Å². The summed E-state index contributed by atoms with van der Waals surface area (Å²) >= 11 is 0. The second-order valence-corrected chi connectivity index (χ2v) is 6.43. The van der Waals surface area contributed by atoms with Gasteiger partial charge in [-0.3, -0.25) is 4.79 Å². The number of fused-ring (bicyclic) bond motifs is 2. The van der Waals surface area contributed by atoms with Crippen LogP contribution in [0.25, 0.3) is 0 Å². The van der Waals surface area contributed by atoms with Crippen LogP contribution in [0.4, 0.5) is 0 Å². The summed E-state index contributed by atoms with van der Waals surface area (Å²) in [5, 5.41) is 20.2. The highest BCUT2D eigenvalue weighted by atomic mass is 16.4. The molecular formula is C15H18O4. The number of aliphatic hydroxyl groups excluding tert-OH is 1. The standard InChI is InChI=1S/C15H18O4/c1-14(2)4-8-10(5-14)15(3,18)12-9(13(8)17)7-19-11(12)6-16/h4,7,10,16,18H,5-6H2,1-3H3. The van der Waals surface area contributed by atoms with Gasteiger partial charge in [-0.05, 0) is 18.8 Å². The molecule has 2 aliphatic rings. The summed E-state index contributed by atoms with van der Waals surface area (Å²) in [6.45, 7) is 5.51. The Morgan fingerprint density at radius 3 is 2.74 bits per heavy atom. The number of allylic oxidation sites excluding steroid dienone is 1. The number of furan rings is 1. The molecule has 0 saturated carbocycles. The van der Waals surface area contributed by atoms with Gasteiger partial charge in [-0.15, -0.1) is 0 Å². The fraction of sp³-hybridized carbons (Fsp3) is 0.533. The Hall–Kier alpha value is -1.39. The second-order valence-electron chi connectivity index (χ2n) is 6.43. The van der Waals surface area contributed by atoms with Crippen LogP contribution in [0, 0.1) is 11.3 Å². The Bertz CT molecular complexity index is 589. The van der Waals surface area contributed by atoms with E-state index in [4.69, 9.17) is 4.42 Å². The largest absolute Gasteiger partial charge is 0.466 e. The molecule has 0 saturated heterocycles. The van der Waals surface area contributed by atoms with Crippen molar-refractivity contribution in [1.29, 1.82) is 0 Å². The van der Waals surface area contributed by atoms with E-state index < -0.39 is 5.60 Å². The van der Waals surface area contributed by atoms with Crippen LogP contribution in [-0.2, 0) is 12.2 Å². The molecule has 2 atom stereocenters. The molecule has 1 aromatic rings. The van der Waals surface area contributed by atoms with Crippen LogP contribution in [-0.4, -0.2) is 16.0 Å². The maximum atomic E-state index is 12.5. The van der Waals surface area contributed by atoms with E-state index in [9.17, 15) is 15.0 Å². The van der Waals surface area contributed by atoms with E-state index in [1.54, 1.807) is 6.92 Å². The quantitative estimate of drug-likeness (QED) is 0.813. The highest BCUT2D eigenvalue weighted by Crippen LogP contribution is 2.53. The molecule has 4 heteroatoms. The monoisotopic (exact) mass is 262 g/mol. The van der Waals surface area contributed by atoms with E-state index in [2.05, 4.69) is 13.8 Å². The molecule has 0 radical (unpaired) electrons. The molecule has 4 nitrogen and oxygen atoms in total. The van der Waals surface area contributed by atoms with Gasteiger partial charge in [0.05, 0.1) is 11.2 Å². The van der Waals surface area contributed by atoms with Crippen molar-refractivity contribution >= 4 is 5.78 Å². The summed E-state index contributed by atoms with van der Waals surface area (Å²) in [5.41, 5.74) is 0.245. The van der Waals surface area contributed by atoms with Crippen LogP contribution < -0.4 is 0 Å². The van der Waals surface area contributed by atoms with Crippen LogP contribution >= 0.6 is 0 Å². The predicted octanol–water partition coefficient (Wildman–Crippen LogP) is 2.15. The van der Waals surface area contributed by atoms with Crippen molar-refractivity contribution in [3.63, 3.8) is 0 Å². The molecule has 0 aliphatic heterocycles. The van der Waals surface area contributed by atoms with Crippen LogP contribution in [0.3, 0.4) is 0 Å². The van der Waals surface area contributed by atoms with Crippen molar-refractivity contribution in [2.45, 2.75) is 39.4 Å². The zero-order valence-corrected chi connectivity index (χ0v) is 11.4. The third-order valence-electron chi connectivity index (χ3n) is 4.35. The summed E-state index contributed by atoms with van der Waals surface area (Å²) in [5.74, 6) is -0.0249. The van der Waals surface area contributed by atoms with Gasteiger partial charge in [-0.2, -0.15) is 0 Å². The van der Waals surface area contributed by atoms with Crippen molar-refractivity contribution in [3.8, 4) is 0 Å². The van der Waals surface area contributed by atoms with Gasteiger partial charge in [0.25, 0.3) is 0 Å². The van der Waals surface area contributed by atoms with Crippen LogP contribution in [0.5, 0.6) is 0 Å². The van der Waals surface area contributed by atoms with E-state index in [-0.39, 0.29) is 29.5 Å². The summed E-state index contributed by atoms with van der Waals surface area (Å²) in [6, 6.07) is 0. The molecule has 1 heterocycles. The molecule has 0 fully saturated rings. The lowest BCUT2D eigenvalue weighted by molar-refractivity contribution is -0.00450. The first kappa shape index (κ1) is 12.6. The van der Waals surface area contributed by atoms with Crippen molar-refractivity contribution in [1.82, 2.24) is 0 Å². The van der Waals surface area contributed by atoms with Gasteiger partial charge in [0.1, 0.15) is 18.6 Å². The Morgan fingerprint density at radius 2 is 2.11 bits per heavy atom. The van der Waals surface area contributed by atoms with Gasteiger partial charge >= 0.3 is 0 Å². The predicted molar refractivity (Wildman–Crippen MR) is 68.5 cm³/mol. The van der Waals surface area contributed by atoms with Gasteiger partial charge in [-0.25, -0.2) is 0 Å². The lowest BCUT2D eigenvalue weighted by atomic mass is 9.70. The molecule has 2 unspecified atom stereocenters. The van der Waals surface area contributed by atoms with Crippen molar-refractivity contribution in [3.05, 3.63) is 34.8 Å². The highest BCUT2D eigenvalue weighted by Gasteiger charge is 2.52. The van der Waals surface area contributed by atoms with Gasteiger partial charge in [0.15, 0.2) is 5.78 Å². The number of ketones is 1. The maximum absolute atomic E-state index is 12.5. The minimum Gasteiger partial charge on any atom is -0.466 e. The lowest BCUT2D eigenvalue weighted by Gasteiger charge is -2.37. The molecule has 102 valence electrons. The third-order valence-corrected chi connectivity index (χ3v) is 4.35. The van der Waals surface area contributed by atoms with Crippen molar-refractivity contribution < 1.29 is 19.4 Å². The van der Waals surface area contributed by atoms with E-state index in [1.807, 2.05) is 6.08 Å². The molecule has 0 amide bonds. The topological polar surface area (TPSA) is 70.7 Å². The maximum Gasteiger partial charge on any atom is 0.192 e. The molecule has 0 aromatic carbocycles. The minimum absolute atomic E-state index is 0.0828. The number of aliphatic hydroxyl groups is 2. The first-order chi connectivity index (χ1) is 8.78. The minimum atomic E-state index is -1.17. The fourth-order valence-corrected chi connectivity index (χ4v) is 3.51. The van der Waals surface area contributed by atoms with Crippen LogP contribution in [0.2, 0.25) is 0 Å². The van der Waals surface area contributed by atoms with Gasteiger partial charge in [-0.1, -0.05) is 19.9 Å². The highest BCUT2D eigenvalue weighted by molar-refractivity contribution is 6.12. The van der Waals surface area contributed by atoms with E-state index in [1.165, 1.54) is 6.26 Å². The van der Waals surface area contributed by atoms with Gasteiger partial charge in [0, 0.05) is 17.1 Å². The molecule has 0 spiro atoms. The average Bonchev–Trinajstić information content (AvgIpc) is 2.88. The molecule has 19 heavy (non-hydrogen) atoms. The normalized spacial score (nSPS) is 31.9. The molecule has 3 rings (SSSR count). The fourth-order valence-electron chi connectivity index (χ4n) is 3.51. The van der Waals surface area contributed by atoms with Gasteiger partial charge in [0.2, 0.25) is 0 Å². The summed E-state index contributed by atoms with van der Waals surface area (Å²) in [6.07, 6.45) is 4.03. The zero-order valence-electron chi connectivity index (χ0n) is 11.4. The first-order valence-corrected chi connectivity index (χ1v) is 6.49.